The van der Waals surface area contributed by atoms with Gasteiger partial charge in [0.1, 0.15) is 17.3 Å². The van der Waals surface area contributed by atoms with Gasteiger partial charge in [-0.1, -0.05) is 12.1 Å². The molecule has 134 valence electrons. The maximum absolute atomic E-state index is 10.4. The summed E-state index contributed by atoms with van der Waals surface area (Å²) in [6.07, 6.45) is 2.21. The van der Waals surface area contributed by atoms with Crippen molar-refractivity contribution in [2.24, 2.45) is 0 Å². The van der Waals surface area contributed by atoms with E-state index in [9.17, 15) is 15.5 Å². The second-order valence-corrected chi connectivity index (χ2v) is 5.98. The fourth-order valence-electron chi connectivity index (χ4n) is 3.17. The Morgan fingerprint density at radius 2 is 2.00 bits per heavy atom. The van der Waals surface area contributed by atoms with Crippen LogP contribution in [0.15, 0.2) is 60.4 Å². The lowest BCUT2D eigenvalue weighted by atomic mass is 10.1. The Balaban J connectivity index is 1.76. The van der Waals surface area contributed by atoms with Gasteiger partial charge in [0.25, 0.3) is 0 Å². The number of hydrogen-bond donors (Lipinski definition) is 3. The van der Waals surface area contributed by atoms with Crippen LogP contribution in [0.3, 0.4) is 0 Å². The van der Waals surface area contributed by atoms with Crippen LogP contribution in [0, 0.1) is 11.3 Å². The highest BCUT2D eigenvalue weighted by Gasteiger charge is 2.28. The van der Waals surface area contributed by atoms with Crippen LogP contribution in [-0.2, 0) is 0 Å². The van der Waals surface area contributed by atoms with Crippen LogP contribution >= 0.6 is 0 Å². The Bertz CT molecular complexity index is 1080. The summed E-state index contributed by atoms with van der Waals surface area (Å²) in [5.74, 6) is 0.308. The van der Waals surface area contributed by atoms with Crippen molar-refractivity contribution in [3.8, 4) is 28.8 Å². The molecule has 0 aliphatic carbocycles. The van der Waals surface area contributed by atoms with Gasteiger partial charge in [-0.25, -0.2) is 4.98 Å². The van der Waals surface area contributed by atoms with Crippen molar-refractivity contribution in [2.75, 3.05) is 12.4 Å². The average Bonchev–Trinajstić information content (AvgIpc) is 3.12. The quantitative estimate of drug-likeness (QED) is 0.663. The normalized spacial score (nSPS) is 15.7. The lowest BCUT2D eigenvalue weighted by Crippen LogP contribution is -2.26. The van der Waals surface area contributed by atoms with Crippen LogP contribution < -0.4 is 10.1 Å². The minimum absolute atomic E-state index is 0.112. The summed E-state index contributed by atoms with van der Waals surface area (Å²) in [5, 5.41) is 32.3. The van der Waals surface area contributed by atoms with Crippen molar-refractivity contribution < 1.29 is 14.9 Å². The zero-order chi connectivity index (χ0) is 19.0. The summed E-state index contributed by atoms with van der Waals surface area (Å²) in [4.78, 5) is 4.21. The number of rotatable bonds is 3. The molecule has 0 saturated heterocycles. The molecule has 7 heteroatoms. The molecule has 1 aliphatic rings. The van der Waals surface area contributed by atoms with Gasteiger partial charge >= 0.3 is 0 Å². The zero-order valence-corrected chi connectivity index (χ0v) is 14.4. The van der Waals surface area contributed by atoms with Crippen LogP contribution in [0.25, 0.3) is 22.6 Å². The third kappa shape index (κ3) is 2.69. The third-order valence-electron chi connectivity index (χ3n) is 4.47. The molecule has 1 aliphatic heterocycles. The molecular weight excluding hydrogens is 344 g/mol. The molecule has 1 atom stereocenters. The Morgan fingerprint density at radius 1 is 1.22 bits per heavy atom. The maximum Gasteiger partial charge on any atom is 0.221 e. The standard InChI is InChI=1S/C20H16N4O3/c1-27-20-14(3-2-9-22-20)12-4-6-13(7-5-12)24-10-8-16-17(24)18(25)15(11-21)19(26)23-16/h2-10,19,23,25-26H,1H3. The first kappa shape index (κ1) is 16.7. The number of aliphatic hydroxyl groups is 2. The van der Waals surface area contributed by atoms with Crippen molar-refractivity contribution in [3.63, 3.8) is 0 Å². The summed E-state index contributed by atoms with van der Waals surface area (Å²) in [7, 11) is 1.58. The predicted octanol–water partition coefficient (Wildman–Crippen LogP) is 3.08. The summed E-state index contributed by atoms with van der Waals surface area (Å²) >= 11 is 0. The van der Waals surface area contributed by atoms with Gasteiger partial charge in [-0.05, 0) is 35.9 Å². The van der Waals surface area contributed by atoms with Crippen molar-refractivity contribution in [2.45, 2.75) is 6.23 Å². The van der Waals surface area contributed by atoms with Gasteiger partial charge in [-0.15, -0.1) is 0 Å². The first-order valence-electron chi connectivity index (χ1n) is 8.23. The van der Waals surface area contributed by atoms with Crippen LogP contribution in [0.1, 0.15) is 5.69 Å². The first-order valence-corrected chi connectivity index (χ1v) is 8.23. The summed E-state index contributed by atoms with van der Waals surface area (Å²) in [6, 6.07) is 15.0. The molecule has 2 aromatic heterocycles. The number of ether oxygens (including phenoxy) is 1. The number of fused-ring (bicyclic) bond motifs is 1. The Hall–Kier alpha value is -3.76. The number of aromatic nitrogens is 2. The second kappa shape index (κ2) is 6.52. The third-order valence-corrected chi connectivity index (χ3v) is 4.47. The Labute approximate surface area is 155 Å². The van der Waals surface area contributed by atoms with E-state index >= 15 is 0 Å². The number of nitrogens with zero attached hydrogens (tertiary/aromatic N) is 3. The number of nitriles is 1. The van der Waals surface area contributed by atoms with Crippen LogP contribution in [0.2, 0.25) is 0 Å². The average molecular weight is 360 g/mol. The predicted molar refractivity (Wildman–Crippen MR) is 100 cm³/mol. The van der Waals surface area contributed by atoms with Crippen molar-refractivity contribution >= 4 is 11.4 Å². The topological polar surface area (TPSA) is 103 Å². The number of methoxy groups -OCH3 is 1. The minimum atomic E-state index is -1.22. The van der Waals surface area contributed by atoms with Crippen molar-refractivity contribution in [1.82, 2.24) is 9.55 Å². The number of hydrogen-bond acceptors (Lipinski definition) is 6. The molecule has 0 radical (unpaired) electrons. The largest absolute Gasteiger partial charge is 0.505 e. The number of pyridine rings is 1. The van der Waals surface area contributed by atoms with E-state index in [-0.39, 0.29) is 11.3 Å². The van der Waals surface area contributed by atoms with Crippen molar-refractivity contribution in [1.29, 1.82) is 5.26 Å². The lowest BCUT2D eigenvalue weighted by Gasteiger charge is -2.22. The number of benzene rings is 1. The number of aliphatic hydroxyl groups excluding tert-OH is 2. The van der Waals surface area contributed by atoms with Crippen LogP contribution in [0.4, 0.5) is 5.69 Å². The Morgan fingerprint density at radius 3 is 2.70 bits per heavy atom. The molecule has 3 N–H and O–H groups in total. The summed E-state index contributed by atoms with van der Waals surface area (Å²) in [5.41, 5.74) is 3.49. The van der Waals surface area contributed by atoms with E-state index in [4.69, 9.17) is 4.74 Å². The zero-order valence-electron chi connectivity index (χ0n) is 14.4. The van der Waals surface area contributed by atoms with E-state index in [2.05, 4.69) is 10.3 Å². The van der Waals surface area contributed by atoms with E-state index in [1.807, 2.05) is 42.5 Å². The monoisotopic (exact) mass is 360 g/mol. The molecule has 1 aromatic carbocycles. The molecular formula is C20H16N4O3. The van der Waals surface area contributed by atoms with Crippen LogP contribution in [0.5, 0.6) is 5.88 Å². The first-order chi connectivity index (χ1) is 13.1. The summed E-state index contributed by atoms with van der Waals surface area (Å²) < 4.78 is 7.06. The summed E-state index contributed by atoms with van der Waals surface area (Å²) in [6.45, 7) is 0. The number of anilines is 1. The molecule has 7 nitrogen and oxygen atoms in total. The van der Waals surface area contributed by atoms with Crippen molar-refractivity contribution in [3.05, 3.63) is 66.1 Å². The molecule has 0 spiro atoms. The SMILES string of the molecule is COc1ncccc1-c1ccc(-n2ccc3c2C(O)=C(C#N)C(O)N3)cc1. The minimum Gasteiger partial charge on any atom is -0.505 e. The molecule has 27 heavy (non-hydrogen) atoms. The Kier molecular flexibility index (Phi) is 4.03. The fourth-order valence-corrected chi connectivity index (χ4v) is 3.17. The lowest BCUT2D eigenvalue weighted by molar-refractivity contribution is 0.240. The number of nitrogens with one attached hydrogen (secondary N) is 1. The fraction of sp³-hybridized carbons (Fsp3) is 0.100. The van der Waals surface area contributed by atoms with E-state index in [0.717, 1.165) is 16.8 Å². The van der Waals surface area contributed by atoms with Gasteiger partial charge in [-0.2, -0.15) is 5.26 Å². The molecule has 0 fully saturated rings. The molecule has 3 heterocycles. The smallest absolute Gasteiger partial charge is 0.221 e. The van der Waals surface area contributed by atoms with Gasteiger partial charge < -0.3 is 24.8 Å². The maximum atomic E-state index is 10.4. The molecule has 0 saturated carbocycles. The molecule has 0 amide bonds. The van der Waals surface area contributed by atoms with Crippen LogP contribution in [-0.4, -0.2) is 33.1 Å². The molecule has 4 rings (SSSR count). The highest BCUT2D eigenvalue weighted by atomic mass is 16.5. The highest BCUT2D eigenvalue weighted by molar-refractivity contribution is 5.80. The highest BCUT2D eigenvalue weighted by Crippen LogP contribution is 2.35. The molecule has 1 unspecified atom stereocenters. The van der Waals surface area contributed by atoms with E-state index in [1.54, 1.807) is 30.1 Å². The van der Waals surface area contributed by atoms with Gasteiger partial charge in [0.2, 0.25) is 5.88 Å². The van der Waals surface area contributed by atoms with Gasteiger partial charge in [0.15, 0.2) is 12.0 Å². The van der Waals surface area contributed by atoms with Gasteiger partial charge in [0, 0.05) is 23.6 Å². The van der Waals surface area contributed by atoms with E-state index in [1.165, 1.54) is 0 Å². The molecule has 3 aromatic rings. The second-order valence-electron chi connectivity index (χ2n) is 5.98. The van der Waals surface area contributed by atoms with E-state index < -0.39 is 6.23 Å². The van der Waals surface area contributed by atoms with Gasteiger partial charge in [-0.3, -0.25) is 0 Å². The van der Waals surface area contributed by atoms with E-state index in [0.29, 0.717) is 17.3 Å². The molecule has 0 bridgehead atoms. The van der Waals surface area contributed by atoms with Gasteiger partial charge in [0.05, 0.1) is 12.8 Å².